The molecule has 148 valence electrons. The highest BCUT2D eigenvalue weighted by molar-refractivity contribution is 6.07. The van der Waals surface area contributed by atoms with Crippen LogP contribution in [0.3, 0.4) is 0 Å². The molecule has 6 nitrogen and oxygen atoms in total. The van der Waals surface area contributed by atoms with Crippen molar-refractivity contribution in [1.82, 2.24) is 15.4 Å². The molecule has 4 rings (SSSR count). The Kier molecular flexibility index (Phi) is 4.32. The van der Waals surface area contributed by atoms with Crippen LogP contribution in [0, 0.1) is 0 Å². The van der Waals surface area contributed by atoms with Crippen molar-refractivity contribution in [2.24, 2.45) is 0 Å². The zero-order chi connectivity index (χ0) is 20.1. The van der Waals surface area contributed by atoms with Crippen molar-refractivity contribution in [1.29, 1.82) is 0 Å². The lowest BCUT2D eigenvalue weighted by atomic mass is 9.84. The molecule has 1 aliphatic heterocycles. The molecule has 1 unspecified atom stereocenters. The van der Waals surface area contributed by atoms with Gasteiger partial charge in [0.05, 0.1) is 6.54 Å². The third kappa shape index (κ3) is 3.01. The first-order valence-electron chi connectivity index (χ1n) is 9.91. The molecule has 0 spiro atoms. The summed E-state index contributed by atoms with van der Waals surface area (Å²) in [5, 5.41) is 7.02. The van der Waals surface area contributed by atoms with Gasteiger partial charge in [-0.05, 0) is 42.7 Å². The van der Waals surface area contributed by atoms with Gasteiger partial charge in [0.2, 0.25) is 0 Å². The van der Waals surface area contributed by atoms with Crippen molar-refractivity contribution in [3.63, 3.8) is 0 Å². The standard InChI is InChI=1S/C22H27N3O3/c1-21(2,3)14-9-11-15(12-10-14)22(4)19(26)25(20(27)23-22)13-17-16-7-5-6-8-18(16)28-24-17/h9-12H,5-8,13H2,1-4H3,(H,23,27). The number of amides is 3. The van der Waals surface area contributed by atoms with Crippen LogP contribution in [-0.2, 0) is 35.1 Å². The Morgan fingerprint density at radius 1 is 1.14 bits per heavy atom. The van der Waals surface area contributed by atoms with Gasteiger partial charge < -0.3 is 9.84 Å². The number of hydrogen-bond acceptors (Lipinski definition) is 4. The average Bonchev–Trinajstić information content (AvgIpc) is 3.16. The van der Waals surface area contributed by atoms with Crippen LogP contribution in [-0.4, -0.2) is 22.0 Å². The number of aromatic nitrogens is 1. The molecule has 1 fully saturated rings. The number of carbonyl (C=O) groups excluding carboxylic acids is 2. The van der Waals surface area contributed by atoms with E-state index in [0.717, 1.165) is 42.6 Å². The summed E-state index contributed by atoms with van der Waals surface area (Å²) in [5.74, 6) is 0.641. The summed E-state index contributed by atoms with van der Waals surface area (Å²) in [5.41, 5.74) is 2.68. The molecule has 2 aliphatic rings. The third-order valence-corrected chi connectivity index (χ3v) is 5.94. The SMILES string of the molecule is CC(C)(C)c1ccc(C2(C)NC(=O)N(Cc3noc4c3CCCC4)C2=O)cc1. The minimum atomic E-state index is -1.07. The molecule has 3 amide bonds. The van der Waals surface area contributed by atoms with Gasteiger partial charge in [0, 0.05) is 12.0 Å². The zero-order valence-corrected chi connectivity index (χ0v) is 17.0. The summed E-state index contributed by atoms with van der Waals surface area (Å²) in [6.07, 6.45) is 3.94. The van der Waals surface area contributed by atoms with Gasteiger partial charge in [0.15, 0.2) is 0 Å². The first-order chi connectivity index (χ1) is 13.2. The van der Waals surface area contributed by atoms with E-state index < -0.39 is 5.54 Å². The molecule has 0 bridgehead atoms. The van der Waals surface area contributed by atoms with Crippen LogP contribution in [0.1, 0.15) is 68.7 Å². The molecule has 28 heavy (non-hydrogen) atoms. The number of hydrogen-bond donors (Lipinski definition) is 1. The first-order valence-corrected chi connectivity index (χ1v) is 9.91. The minimum absolute atomic E-state index is 0.0282. The Morgan fingerprint density at radius 2 is 1.82 bits per heavy atom. The van der Waals surface area contributed by atoms with Crippen molar-refractivity contribution < 1.29 is 14.1 Å². The molecule has 1 saturated heterocycles. The van der Waals surface area contributed by atoms with Crippen molar-refractivity contribution in [2.75, 3.05) is 0 Å². The quantitative estimate of drug-likeness (QED) is 0.820. The van der Waals surface area contributed by atoms with Crippen LogP contribution in [0.5, 0.6) is 0 Å². The summed E-state index contributed by atoms with van der Waals surface area (Å²) in [6, 6.07) is 7.52. The highest BCUT2D eigenvalue weighted by Crippen LogP contribution is 2.33. The maximum absolute atomic E-state index is 13.2. The second-order valence-corrected chi connectivity index (χ2v) is 9.01. The molecule has 1 aromatic carbocycles. The second kappa shape index (κ2) is 6.47. The zero-order valence-electron chi connectivity index (χ0n) is 17.0. The molecule has 6 heteroatoms. The van der Waals surface area contributed by atoms with Crippen LogP contribution in [0.4, 0.5) is 4.79 Å². The van der Waals surface area contributed by atoms with Gasteiger partial charge in [-0.25, -0.2) is 4.79 Å². The highest BCUT2D eigenvalue weighted by atomic mass is 16.5. The molecule has 0 saturated carbocycles. The van der Waals surface area contributed by atoms with E-state index in [1.54, 1.807) is 6.92 Å². The number of aryl methyl sites for hydroxylation is 1. The number of urea groups is 1. The summed E-state index contributed by atoms with van der Waals surface area (Å²) in [6.45, 7) is 8.35. The van der Waals surface area contributed by atoms with Crippen molar-refractivity contribution in [3.05, 3.63) is 52.4 Å². The minimum Gasteiger partial charge on any atom is -0.361 e. The lowest BCUT2D eigenvalue weighted by Crippen LogP contribution is -2.40. The smallest absolute Gasteiger partial charge is 0.325 e. The first kappa shape index (κ1) is 18.7. The van der Waals surface area contributed by atoms with E-state index in [0.29, 0.717) is 5.69 Å². The summed E-state index contributed by atoms with van der Waals surface area (Å²) in [7, 11) is 0. The second-order valence-electron chi connectivity index (χ2n) is 9.01. The normalized spacial score (nSPS) is 22.4. The number of nitrogens with one attached hydrogen (secondary N) is 1. The molecule has 2 aromatic rings. The van der Waals surface area contributed by atoms with E-state index in [2.05, 4.69) is 31.2 Å². The Hall–Kier alpha value is -2.63. The average molecular weight is 381 g/mol. The number of nitrogens with zero attached hydrogens (tertiary/aromatic N) is 2. The van der Waals surface area contributed by atoms with Crippen molar-refractivity contribution in [3.8, 4) is 0 Å². The number of imide groups is 1. The molecular weight excluding hydrogens is 354 g/mol. The van der Waals surface area contributed by atoms with Crippen LogP contribution in [0.2, 0.25) is 0 Å². The van der Waals surface area contributed by atoms with E-state index >= 15 is 0 Å². The van der Waals surface area contributed by atoms with Gasteiger partial charge in [0.25, 0.3) is 5.91 Å². The van der Waals surface area contributed by atoms with E-state index in [1.807, 2.05) is 24.3 Å². The van der Waals surface area contributed by atoms with Gasteiger partial charge in [-0.1, -0.05) is 50.2 Å². The molecule has 1 atom stereocenters. The number of carbonyl (C=O) groups is 2. The van der Waals surface area contributed by atoms with Crippen molar-refractivity contribution >= 4 is 11.9 Å². The number of benzene rings is 1. The van der Waals surface area contributed by atoms with Gasteiger partial charge in [0.1, 0.15) is 17.0 Å². The third-order valence-electron chi connectivity index (χ3n) is 5.94. The van der Waals surface area contributed by atoms with Gasteiger partial charge in [-0.3, -0.25) is 9.69 Å². The Balaban J connectivity index is 1.59. The fraction of sp³-hybridized carbons (Fsp3) is 0.500. The highest BCUT2D eigenvalue weighted by Gasteiger charge is 2.49. The van der Waals surface area contributed by atoms with Gasteiger partial charge in [-0.2, -0.15) is 0 Å². The van der Waals surface area contributed by atoms with Crippen LogP contribution < -0.4 is 5.32 Å². The van der Waals surface area contributed by atoms with E-state index in [1.165, 1.54) is 10.5 Å². The maximum Gasteiger partial charge on any atom is 0.325 e. The monoisotopic (exact) mass is 381 g/mol. The molecule has 1 aliphatic carbocycles. The Bertz CT molecular complexity index is 923. The van der Waals surface area contributed by atoms with Crippen LogP contribution in [0.25, 0.3) is 0 Å². The summed E-state index contributed by atoms with van der Waals surface area (Å²) < 4.78 is 5.43. The van der Waals surface area contributed by atoms with Crippen molar-refractivity contribution in [2.45, 2.75) is 70.9 Å². The lowest BCUT2D eigenvalue weighted by Gasteiger charge is -2.24. The van der Waals surface area contributed by atoms with Crippen LogP contribution >= 0.6 is 0 Å². The van der Waals surface area contributed by atoms with Crippen LogP contribution in [0.15, 0.2) is 28.8 Å². The van der Waals surface area contributed by atoms with Gasteiger partial charge in [-0.15, -0.1) is 0 Å². The topological polar surface area (TPSA) is 75.4 Å². The molecule has 2 heterocycles. The lowest BCUT2D eigenvalue weighted by molar-refractivity contribution is -0.131. The molecule has 0 radical (unpaired) electrons. The fourth-order valence-corrected chi connectivity index (χ4v) is 4.06. The number of fused-ring (bicyclic) bond motifs is 1. The van der Waals surface area contributed by atoms with E-state index in [4.69, 9.17) is 4.52 Å². The predicted octanol–water partition coefficient (Wildman–Crippen LogP) is 3.82. The Labute approximate surface area is 165 Å². The fourth-order valence-electron chi connectivity index (χ4n) is 4.06. The largest absolute Gasteiger partial charge is 0.361 e. The molecular formula is C22H27N3O3. The number of rotatable bonds is 3. The summed E-state index contributed by atoms with van der Waals surface area (Å²) in [4.78, 5) is 27.1. The molecule has 1 N–H and O–H groups in total. The predicted molar refractivity (Wildman–Crippen MR) is 105 cm³/mol. The van der Waals surface area contributed by atoms with E-state index in [-0.39, 0.29) is 23.9 Å². The maximum atomic E-state index is 13.2. The summed E-state index contributed by atoms with van der Waals surface area (Å²) >= 11 is 0. The molecule has 1 aromatic heterocycles. The van der Waals surface area contributed by atoms with E-state index in [9.17, 15) is 9.59 Å². The Morgan fingerprint density at radius 3 is 2.50 bits per heavy atom. The van der Waals surface area contributed by atoms with Gasteiger partial charge >= 0.3 is 6.03 Å².